The molecule has 2 aromatic rings. The molecule has 0 spiro atoms. The topological polar surface area (TPSA) is 40.5 Å². The summed E-state index contributed by atoms with van der Waals surface area (Å²) in [5.74, 6) is -1.71. The summed E-state index contributed by atoms with van der Waals surface area (Å²) >= 11 is 0. The standard InChI is InChI=1S/C17H15F2NO2/c18-12-5-8-15(19)14(10-12)17(22)20-9-1-2-16(20)11-3-6-13(21)7-4-11/h3-8,10,16,21H,1-2,9H2/t16-/m1/s1. The first-order chi connectivity index (χ1) is 10.6. The summed E-state index contributed by atoms with van der Waals surface area (Å²) in [6.45, 7) is 0.500. The van der Waals surface area contributed by atoms with Crippen LogP contribution in [0.15, 0.2) is 42.5 Å². The Morgan fingerprint density at radius 3 is 2.59 bits per heavy atom. The molecular weight excluding hydrogens is 288 g/mol. The lowest BCUT2D eigenvalue weighted by Crippen LogP contribution is -2.31. The lowest BCUT2D eigenvalue weighted by molar-refractivity contribution is 0.0730. The molecule has 0 aliphatic carbocycles. The van der Waals surface area contributed by atoms with Crippen LogP contribution in [0.3, 0.4) is 0 Å². The molecule has 0 bridgehead atoms. The Hall–Kier alpha value is -2.43. The molecule has 3 rings (SSSR count). The number of benzene rings is 2. The van der Waals surface area contributed by atoms with Gasteiger partial charge in [0.05, 0.1) is 11.6 Å². The molecule has 5 heteroatoms. The number of nitrogens with zero attached hydrogens (tertiary/aromatic N) is 1. The molecule has 1 aliphatic rings. The van der Waals surface area contributed by atoms with Crippen molar-refractivity contribution in [3.63, 3.8) is 0 Å². The fourth-order valence-electron chi connectivity index (χ4n) is 2.87. The minimum atomic E-state index is -0.720. The maximum absolute atomic E-state index is 13.8. The summed E-state index contributed by atoms with van der Waals surface area (Å²) in [5.41, 5.74) is 0.631. The third kappa shape index (κ3) is 2.66. The number of amides is 1. The van der Waals surface area contributed by atoms with Crippen molar-refractivity contribution in [2.75, 3.05) is 6.54 Å². The van der Waals surface area contributed by atoms with Crippen molar-refractivity contribution >= 4 is 5.91 Å². The summed E-state index contributed by atoms with van der Waals surface area (Å²) in [6.07, 6.45) is 1.56. The van der Waals surface area contributed by atoms with E-state index in [0.29, 0.717) is 6.54 Å². The van der Waals surface area contributed by atoms with Crippen LogP contribution in [0.4, 0.5) is 8.78 Å². The van der Waals surface area contributed by atoms with Crippen LogP contribution in [0.1, 0.15) is 34.8 Å². The predicted molar refractivity (Wildman–Crippen MR) is 77.5 cm³/mol. The van der Waals surface area contributed by atoms with Crippen LogP contribution in [0.25, 0.3) is 0 Å². The largest absolute Gasteiger partial charge is 0.508 e. The fraction of sp³-hybridized carbons (Fsp3) is 0.235. The molecule has 1 N–H and O–H groups in total. The Balaban J connectivity index is 1.91. The van der Waals surface area contributed by atoms with Gasteiger partial charge in [0.25, 0.3) is 5.91 Å². The molecule has 0 unspecified atom stereocenters. The Bertz CT molecular complexity index is 700. The number of carbonyl (C=O) groups is 1. The van der Waals surface area contributed by atoms with Gasteiger partial charge in [-0.1, -0.05) is 12.1 Å². The number of phenols is 1. The van der Waals surface area contributed by atoms with Crippen molar-refractivity contribution in [2.45, 2.75) is 18.9 Å². The first-order valence-electron chi connectivity index (χ1n) is 7.11. The number of rotatable bonds is 2. The van der Waals surface area contributed by atoms with Crippen LogP contribution in [0, 0.1) is 11.6 Å². The van der Waals surface area contributed by atoms with Crippen molar-refractivity contribution in [3.05, 3.63) is 65.2 Å². The van der Waals surface area contributed by atoms with E-state index in [-0.39, 0.29) is 17.4 Å². The molecule has 114 valence electrons. The van der Waals surface area contributed by atoms with Gasteiger partial charge in [-0.25, -0.2) is 8.78 Å². The average molecular weight is 303 g/mol. The van der Waals surface area contributed by atoms with Gasteiger partial charge in [0.2, 0.25) is 0 Å². The van der Waals surface area contributed by atoms with Crippen LogP contribution in [0.2, 0.25) is 0 Å². The van der Waals surface area contributed by atoms with Gasteiger partial charge >= 0.3 is 0 Å². The Morgan fingerprint density at radius 2 is 1.86 bits per heavy atom. The van der Waals surface area contributed by atoms with Crippen LogP contribution in [-0.4, -0.2) is 22.5 Å². The quantitative estimate of drug-likeness (QED) is 0.920. The van der Waals surface area contributed by atoms with Crippen molar-refractivity contribution in [1.82, 2.24) is 4.90 Å². The lowest BCUT2D eigenvalue weighted by atomic mass is 10.0. The average Bonchev–Trinajstić information content (AvgIpc) is 2.99. The predicted octanol–water partition coefficient (Wildman–Crippen LogP) is 3.65. The molecule has 0 aromatic heterocycles. The molecule has 0 saturated carbocycles. The normalized spacial score (nSPS) is 17.7. The second-order valence-corrected chi connectivity index (χ2v) is 5.37. The summed E-state index contributed by atoms with van der Waals surface area (Å²) in [6, 6.07) is 9.31. The first kappa shape index (κ1) is 14.5. The number of phenolic OH excluding ortho intramolecular Hbond substituents is 1. The van der Waals surface area contributed by atoms with E-state index in [2.05, 4.69) is 0 Å². The van der Waals surface area contributed by atoms with E-state index in [1.54, 1.807) is 29.2 Å². The third-order valence-corrected chi connectivity index (χ3v) is 3.95. The number of hydrogen-bond donors (Lipinski definition) is 1. The number of halogens is 2. The van der Waals surface area contributed by atoms with Crippen LogP contribution in [-0.2, 0) is 0 Å². The summed E-state index contributed by atoms with van der Waals surface area (Å²) in [7, 11) is 0. The highest BCUT2D eigenvalue weighted by molar-refractivity contribution is 5.95. The van der Waals surface area contributed by atoms with Gasteiger partial charge in [0.1, 0.15) is 17.4 Å². The van der Waals surface area contributed by atoms with Crippen LogP contribution < -0.4 is 0 Å². The molecule has 1 heterocycles. The zero-order valence-corrected chi connectivity index (χ0v) is 11.8. The fourth-order valence-corrected chi connectivity index (χ4v) is 2.87. The van der Waals surface area contributed by atoms with E-state index in [9.17, 15) is 18.7 Å². The second kappa shape index (κ2) is 5.75. The number of hydrogen-bond acceptors (Lipinski definition) is 2. The van der Waals surface area contributed by atoms with Crippen LogP contribution in [0.5, 0.6) is 5.75 Å². The van der Waals surface area contributed by atoms with Gasteiger partial charge < -0.3 is 10.0 Å². The SMILES string of the molecule is O=C(c1cc(F)ccc1F)N1CCC[C@@H]1c1ccc(O)cc1. The van der Waals surface area contributed by atoms with Crippen LogP contribution >= 0.6 is 0 Å². The number of likely N-dealkylation sites (tertiary alicyclic amines) is 1. The van der Waals surface area contributed by atoms with Gasteiger partial charge in [-0.3, -0.25) is 4.79 Å². The maximum atomic E-state index is 13.8. The zero-order valence-electron chi connectivity index (χ0n) is 11.8. The monoisotopic (exact) mass is 303 g/mol. The first-order valence-corrected chi connectivity index (χ1v) is 7.11. The molecule has 1 aliphatic heterocycles. The Morgan fingerprint density at radius 1 is 1.14 bits per heavy atom. The summed E-state index contributed by atoms with van der Waals surface area (Å²) in [4.78, 5) is 14.1. The van der Waals surface area contributed by atoms with Gasteiger partial charge in [-0.15, -0.1) is 0 Å². The molecular formula is C17H15F2NO2. The molecule has 1 saturated heterocycles. The molecule has 3 nitrogen and oxygen atoms in total. The Kier molecular flexibility index (Phi) is 3.79. The minimum Gasteiger partial charge on any atom is -0.508 e. The van der Waals surface area contributed by atoms with Crippen molar-refractivity contribution in [2.24, 2.45) is 0 Å². The highest BCUT2D eigenvalue weighted by Crippen LogP contribution is 2.34. The van der Waals surface area contributed by atoms with E-state index < -0.39 is 17.5 Å². The highest BCUT2D eigenvalue weighted by atomic mass is 19.1. The lowest BCUT2D eigenvalue weighted by Gasteiger charge is -2.25. The molecule has 1 atom stereocenters. The van der Waals surface area contributed by atoms with E-state index in [1.165, 1.54) is 0 Å². The summed E-state index contributed by atoms with van der Waals surface area (Å²) < 4.78 is 27.1. The van der Waals surface area contributed by atoms with E-state index in [4.69, 9.17) is 0 Å². The Labute approximate surface area is 126 Å². The molecule has 2 aromatic carbocycles. The second-order valence-electron chi connectivity index (χ2n) is 5.37. The van der Waals surface area contributed by atoms with Crippen molar-refractivity contribution in [3.8, 4) is 5.75 Å². The number of aromatic hydroxyl groups is 1. The maximum Gasteiger partial charge on any atom is 0.257 e. The van der Waals surface area contributed by atoms with Crippen molar-refractivity contribution < 1.29 is 18.7 Å². The zero-order chi connectivity index (χ0) is 15.7. The molecule has 1 fully saturated rings. The third-order valence-electron chi connectivity index (χ3n) is 3.95. The van der Waals surface area contributed by atoms with Gasteiger partial charge in [-0.2, -0.15) is 0 Å². The van der Waals surface area contributed by atoms with E-state index >= 15 is 0 Å². The van der Waals surface area contributed by atoms with E-state index in [1.807, 2.05) is 0 Å². The minimum absolute atomic E-state index is 0.149. The highest BCUT2D eigenvalue weighted by Gasteiger charge is 2.31. The molecule has 22 heavy (non-hydrogen) atoms. The molecule has 1 amide bonds. The van der Waals surface area contributed by atoms with Gasteiger partial charge in [0, 0.05) is 6.54 Å². The number of carbonyl (C=O) groups excluding carboxylic acids is 1. The van der Waals surface area contributed by atoms with E-state index in [0.717, 1.165) is 36.6 Å². The van der Waals surface area contributed by atoms with Gasteiger partial charge in [-0.05, 0) is 48.7 Å². The van der Waals surface area contributed by atoms with Gasteiger partial charge in [0.15, 0.2) is 0 Å². The summed E-state index contributed by atoms with van der Waals surface area (Å²) in [5, 5.41) is 9.35. The van der Waals surface area contributed by atoms with Crippen molar-refractivity contribution in [1.29, 1.82) is 0 Å². The molecule has 0 radical (unpaired) electrons. The smallest absolute Gasteiger partial charge is 0.257 e.